The van der Waals surface area contributed by atoms with Crippen LogP contribution in [0.4, 0.5) is 10.2 Å². The Hall–Kier alpha value is -5.06. The summed E-state index contributed by atoms with van der Waals surface area (Å²) in [5.41, 5.74) is 17.4. The standard InChI is InChI=1S/C30H32FN9O/c1-6-23(32)12-26(33)39-27-10-17(3)37-29(40-27)21-9-16(2)28(36-14-21)30(41)38-18(4)20-7-8-25(35-13-20)24-11-22(31)15-34-19(24)5/h7-15,18H,6,32H2,1-5H3,(H,38,41)(H2,33,37,39,40)/b23-12-. The van der Waals surface area contributed by atoms with Gasteiger partial charge in [-0.25, -0.2) is 19.4 Å². The van der Waals surface area contributed by atoms with Gasteiger partial charge in [0.1, 0.15) is 17.3 Å². The van der Waals surface area contributed by atoms with Gasteiger partial charge in [-0.1, -0.05) is 13.0 Å². The molecule has 1 unspecified atom stereocenters. The number of rotatable bonds is 8. The minimum absolute atomic E-state index is 0.245. The average molecular weight is 554 g/mol. The molecule has 0 saturated carbocycles. The Balaban J connectivity index is 1.50. The third-order valence-corrected chi connectivity index (χ3v) is 6.34. The highest BCUT2D eigenvalue weighted by Crippen LogP contribution is 2.24. The highest BCUT2D eigenvalue weighted by Gasteiger charge is 2.17. The maximum atomic E-state index is 13.7. The molecule has 0 aliphatic carbocycles. The van der Waals surface area contributed by atoms with Crippen molar-refractivity contribution in [3.05, 3.63) is 94.7 Å². The molecule has 0 aliphatic heterocycles. The van der Waals surface area contributed by atoms with Crippen LogP contribution >= 0.6 is 0 Å². The van der Waals surface area contributed by atoms with E-state index in [1.54, 1.807) is 50.5 Å². The van der Waals surface area contributed by atoms with Gasteiger partial charge in [-0.15, -0.1) is 0 Å². The fourth-order valence-corrected chi connectivity index (χ4v) is 4.07. The lowest BCUT2D eigenvalue weighted by atomic mass is 10.1. The van der Waals surface area contributed by atoms with E-state index >= 15 is 0 Å². The van der Waals surface area contributed by atoms with Gasteiger partial charge >= 0.3 is 0 Å². The molecule has 0 aliphatic rings. The number of amides is 1. The number of nitrogens with two attached hydrogens (primary N) is 2. The molecule has 0 radical (unpaired) electrons. The molecule has 0 spiro atoms. The molecule has 4 rings (SSSR count). The van der Waals surface area contributed by atoms with Crippen LogP contribution in [0.3, 0.4) is 0 Å². The first kappa shape index (κ1) is 28.9. The molecule has 11 heteroatoms. The van der Waals surface area contributed by atoms with Gasteiger partial charge in [0.25, 0.3) is 5.91 Å². The summed E-state index contributed by atoms with van der Waals surface area (Å²) in [4.78, 5) is 39.3. The third-order valence-electron chi connectivity index (χ3n) is 6.34. The van der Waals surface area contributed by atoms with Gasteiger partial charge < -0.3 is 16.8 Å². The lowest BCUT2D eigenvalue weighted by Gasteiger charge is -2.15. The SMILES string of the molecule is CC/C(N)=C/C(N)=Nc1cc(C)nc(-c2cnc(C(=O)NC(C)c3ccc(-c4cc(F)cnc4C)nc3)c(C)c2)n1. The van der Waals surface area contributed by atoms with Crippen molar-refractivity contribution in [2.45, 2.75) is 47.1 Å². The predicted molar refractivity (Wildman–Crippen MR) is 157 cm³/mol. The minimum atomic E-state index is -0.427. The van der Waals surface area contributed by atoms with Gasteiger partial charge in [0.2, 0.25) is 0 Å². The van der Waals surface area contributed by atoms with Crippen molar-refractivity contribution in [1.29, 1.82) is 0 Å². The summed E-state index contributed by atoms with van der Waals surface area (Å²) in [6.07, 6.45) is 6.64. The molecule has 41 heavy (non-hydrogen) atoms. The van der Waals surface area contributed by atoms with Gasteiger partial charge in [0.05, 0.1) is 17.9 Å². The second-order valence-electron chi connectivity index (χ2n) is 9.65. The summed E-state index contributed by atoms with van der Waals surface area (Å²) < 4.78 is 13.7. The topological polar surface area (TPSA) is 158 Å². The Labute approximate surface area is 237 Å². The number of pyridine rings is 3. The fourth-order valence-electron chi connectivity index (χ4n) is 4.07. The Morgan fingerprint density at radius 2 is 1.83 bits per heavy atom. The van der Waals surface area contributed by atoms with Crippen molar-refractivity contribution >= 4 is 17.6 Å². The van der Waals surface area contributed by atoms with E-state index in [0.29, 0.717) is 57.5 Å². The van der Waals surface area contributed by atoms with Crippen LogP contribution in [0.5, 0.6) is 0 Å². The van der Waals surface area contributed by atoms with E-state index in [-0.39, 0.29) is 23.5 Å². The molecule has 1 atom stereocenters. The van der Waals surface area contributed by atoms with E-state index in [2.05, 4.69) is 35.2 Å². The predicted octanol–water partition coefficient (Wildman–Crippen LogP) is 4.79. The number of carbonyl (C=O) groups is 1. The van der Waals surface area contributed by atoms with Gasteiger partial charge in [-0.2, -0.15) is 0 Å². The maximum absolute atomic E-state index is 13.7. The molecule has 10 nitrogen and oxygen atoms in total. The first-order chi connectivity index (χ1) is 19.5. The Kier molecular flexibility index (Phi) is 8.76. The van der Waals surface area contributed by atoms with E-state index in [1.807, 2.05) is 26.8 Å². The number of aryl methyl sites for hydroxylation is 3. The average Bonchev–Trinajstić information content (AvgIpc) is 2.93. The fraction of sp³-hybridized carbons (Fsp3) is 0.233. The molecule has 5 N–H and O–H groups in total. The van der Waals surface area contributed by atoms with E-state index in [1.165, 1.54) is 12.3 Å². The summed E-state index contributed by atoms with van der Waals surface area (Å²) in [5, 5.41) is 2.96. The minimum Gasteiger partial charge on any atom is -0.402 e. The molecule has 1 amide bonds. The zero-order valence-corrected chi connectivity index (χ0v) is 23.6. The maximum Gasteiger partial charge on any atom is 0.270 e. The molecular formula is C30H32FN9O. The third kappa shape index (κ3) is 7.13. The van der Waals surface area contributed by atoms with Gasteiger partial charge in [0, 0.05) is 46.7 Å². The van der Waals surface area contributed by atoms with Crippen molar-refractivity contribution in [3.63, 3.8) is 0 Å². The van der Waals surface area contributed by atoms with Crippen molar-refractivity contribution in [2.24, 2.45) is 16.5 Å². The normalized spacial score (nSPS) is 12.7. The second kappa shape index (κ2) is 12.4. The number of nitrogens with one attached hydrogen (secondary N) is 1. The quantitative estimate of drug-likeness (QED) is 0.207. The lowest BCUT2D eigenvalue weighted by Crippen LogP contribution is -2.28. The van der Waals surface area contributed by atoms with Crippen LogP contribution in [0.1, 0.15) is 59.3 Å². The van der Waals surface area contributed by atoms with Crippen molar-refractivity contribution in [3.8, 4) is 22.6 Å². The second-order valence-corrected chi connectivity index (χ2v) is 9.65. The number of aliphatic imine (C=N–C) groups is 1. The van der Waals surface area contributed by atoms with Crippen molar-refractivity contribution in [1.82, 2.24) is 30.2 Å². The van der Waals surface area contributed by atoms with Crippen molar-refractivity contribution in [2.75, 3.05) is 0 Å². The summed E-state index contributed by atoms with van der Waals surface area (Å²) in [7, 11) is 0. The number of halogens is 1. The van der Waals surface area contributed by atoms with Crippen LogP contribution in [0, 0.1) is 26.6 Å². The first-order valence-electron chi connectivity index (χ1n) is 13.1. The zero-order valence-electron chi connectivity index (χ0n) is 23.6. The van der Waals surface area contributed by atoms with Crippen LogP contribution in [-0.4, -0.2) is 36.7 Å². The van der Waals surface area contributed by atoms with Crippen LogP contribution in [0.2, 0.25) is 0 Å². The molecule has 4 heterocycles. The molecule has 4 aromatic rings. The summed E-state index contributed by atoms with van der Waals surface area (Å²) in [6, 6.07) is 8.20. The number of hydrogen-bond donors (Lipinski definition) is 3. The summed E-state index contributed by atoms with van der Waals surface area (Å²) in [5.74, 6) is 0.287. The molecule has 0 fully saturated rings. The number of hydrogen-bond acceptors (Lipinski definition) is 8. The smallest absolute Gasteiger partial charge is 0.270 e. The van der Waals surface area contributed by atoms with E-state index in [9.17, 15) is 9.18 Å². The van der Waals surface area contributed by atoms with Crippen LogP contribution in [-0.2, 0) is 0 Å². The monoisotopic (exact) mass is 553 g/mol. The molecular weight excluding hydrogens is 521 g/mol. The number of aromatic nitrogens is 5. The van der Waals surface area contributed by atoms with Gasteiger partial charge in [0.15, 0.2) is 11.6 Å². The van der Waals surface area contributed by atoms with E-state index in [0.717, 1.165) is 5.56 Å². The summed E-state index contributed by atoms with van der Waals surface area (Å²) >= 11 is 0. The number of allylic oxidation sites excluding steroid dienone is 1. The molecule has 210 valence electrons. The first-order valence-corrected chi connectivity index (χ1v) is 13.1. The zero-order chi connectivity index (χ0) is 29.7. The van der Waals surface area contributed by atoms with Crippen LogP contribution in [0.15, 0.2) is 65.7 Å². The Bertz CT molecular complexity index is 1650. The van der Waals surface area contributed by atoms with Gasteiger partial charge in [-0.05, 0) is 69.5 Å². The van der Waals surface area contributed by atoms with E-state index < -0.39 is 5.82 Å². The molecule has 0 saturated heterocycles. The van der Waals surface area contributed by atoms with Crippen molar-refractivity contribution < 1.29 is 9.18 Å². The van der Waals surface area contributed by atoms with Gasteiger partial charge in [-0.3, -0.25) is 19.7 Å². The molecule has 0 aromatic carbocycles. The largest absolute Gasteiger partial charge is 0.402 e. The number of nitrogens with zero attached hydrogens (tertiary/aromatic N) is 6. The Morgan fingerprint density at radius 3 is 2.51 bits per heavy atom. The van der Waals surface area contributed by atoms with Crippen LogP contribution in [0.25, 0.3) is 22.6 Å². The Morgan fingerprint density at radius 1 is 1.05 bits per heavy atom. The molecule has 0 bridgehead atoms. The highest BCUT2D eigenvalue weighted by molar-refractivity contribution is 5.94. The summed E-state index contributed by atoms with van der Waals surface area (Å²) in [6.45, 7) is 9.20. The van der Waals surface area contributed by atoms with E-state index in [4.69, 9.17) is 11.5 Å². The number of amidine groups is 1. The number of carbonyl (C=O) groups excluding carboxylic acids is 1. The lowest BCUT2D eigenvalue weighted by molar-refractivity contribution is 0.0934. The van der Waals surface area contributed by atoms with Crippen LogP contribution < -0.4 is 16.8 Å². The molecule has 4 aromatic heterocycles. The highest BCUT2D eigenvalue weighted by atomic mass is 19.1.